The van der Waals surface area contributed by atoms with Crippen molar-refractivity contribution in [1.82, 2.24) is 25.6 Å². The predicted molar refractivity (Wildman–Crippen MR) is 91.6 cm³/mol. The number of carbonyl (C=O) groups excluding carboxylic acids is 2. The maximum absolute atomic E-state index is 12.7. The topological polar surface area (TPSA) is 124 Å². The van der Waals surface area contributed by atoms with E-state index in [-0.39, 0.29) is 18.1 Å². The number of carbonyl (C=O) groups is 2. The fraction of sp³-hybridized carbons (Fsp3) is 0.529. The van der Waals surface area contributed by atoms with Crippen LogP contribution in [-0.4, -0.2) is 62.4 Å². The second-order valence-electron chi connectivity index (χ2n) is 6.52. The van der Waals surface area contributed by atoms with Crippen molar-refractivity contribution in [2.45, 2.75) is 45.3 Å². The fourth-order valence-electron chi connectivity index (χ4n) is 3.11. The first-order valence-corrected chi connectivity index (χ1v) is 8.73. The van der Waals surface area contributed by atoms with E-state index in [9.17, 15) is 14.7 Å². The Morgan fingerprint density at radius 3 is 2.96 bits per heavy atom. The first-order valence-electron chi connectivity index (χ1n) is 8.73. The van der Waals surface area contributed by atoms with Crippen molar-refractivity contribution in [2.75, 3.05) is 13.1 Å². The number of aryl methyl sites for hydroxylation is 2. The molecule has 0 aliphatic carbocycles. The van der Waals surface area contributed by atoms with Gasteiger partial charge in [-0.2, -0.15) is 5.10 Å². The highest BCUT2D eigenvalue weighted by molar-refractivity contribution is 5.95. The maximum atomic E-state index is 12.7. The highest BCUT2D eigenvalue weighted by Crippen LogP contribution is 2.17. The van der Waals surface area contributed by atoms with Crippen molar-refractivity contribution in [1.29, 1.82) is 0 Å². The predicted octanol–water partition coefficient (Wildman–Crippen LogP) is 0.664. The van der Waals surface area contributed by atoms with Gasteiger partial charge < -0.3 is 19.8 Å². The van der Waals surface area contributed by atoms with Gasteiger partial charge in [0.05, 0.1) is 23.9 Å². The molecule has 1 saturated heterocycles. The number of hydrogen-bond donors (Lipinski definition) is 3. The van der Waals surface area contributed by atoms with Gasteiger partial charge in [-0.05, 0) is 19.8 Å². The molecule has 1 fully saturated rings. The van der Waals surface area contributed by atoms with Gasteiger partial charge in [0, 0.05) is 24.8 Å². The Labute approximate surface area is 150 Å². The minimum Gasteiger partial charge on any atom is -0.389 e. The number of aliphatic hydroxyl groups is 1. The van der Waals surface area contributed by atoms with Crippen LogP contribution in [0.25, 0.3) is 0 Å². The molecule has 0 aromatic carbocycles. The Kier molecular flexibility index (Phi) is 5.36. The van der Waals surface area contributed by atoms with Crippen LogP contribution < -0.4 is 5.32 Å². The molecule has 0 radical (unpaired) electrons. The van der Waals surface area contributed by atoms with E-state index in [1.54, 1.807) is 11.8 Å². The van der Waals surface area contributed by atoms with Gasteiger partial charge in [-0.15, -0.1) is 0 Å². The average molecular weight is 361 g/mol. The molecule has 2 aromatic heterocycles. The molecule has 0 unspecified atom stereocenters. The van der Waals surface area contributed by atoms with Gasteiger partial charge in [-0.25, -0.2) is 0 Å². The lowest BCUT2D eigenvalue weighted by molar-refractivity contribution is 0.0313. The highest BCUT2D eigenvalue weighted by Gasteiger charge is 2.33. The van der Waals surface area contributed by atoms with Crippen molar-refractivity contribution in [3.8, 4) is 0 Å². The summed E-state index contributed by atoms with van der Waals surface area (Å²) in [5.74, 6) is -0.0111. The van der Waals surface area contributed by atoms with Gasteiger partial charge in [0.1, 0.15) is 5.76 Å². The largest absolute Gasteiger partial charge is 0.389 e. The summed E-state index contributed by atoms with van der Waals surface area (Å²) in [7, 11) is 0. The summed E-state index contributed by atoms with van der Waals surface area (Å²) >= 11 is 0. The minimum absolute atomic E-state index is 0.151. The summed E-state index contributed by atoms with van der Waals surface area (Å²) in [6.07, 6.45) is 2.77. The van der Waals surface area contributed by atoms with E-state index in [1.807, 2.05) is 6.92 Å². The minimum atomic E-state index is -0.855. The molecule has 3 rings (SSSR count). The van der Waals surface area contributed by atoms with E-state index < -0.39 is 18.1 Å². The van der Waals surface area contributed by atoms with Crippen molar-refractivity contribution in [3.63, 3.8) is 0 Å². The zero-order valence-corrected chi connectivity index (χ0v) is 14.9. The Morgan fingerprint density at radius 1 is 1.50 bits per heavy atom. The van der Waals surface area contributed by atoms with Gasteiger partial charge in [0.25, 0.3) is 11.8 Å². The molecular weight excluding hydrogens is 338 g/mol. The molecule has 140 valence electrons. The number of nitrogens with one attached hydrogen (secondary N) is 2. The SMILES string of the molecule is CCCc1[nH]ncc1C(=O)N1CC[C@@H](NC(=O)c2cc(C)on2)[C@H](O)C1. The zero-order valence-electron chi connectivity index (χ0n) is 14.9. The van der Waals surface area contributed by atoms with Crippen molar-refractivity contribution < 1.29 is 19.2 Å². The third kappa shape index (κ3) is 3.77. The molecule has 9 nitrogen and oxygen atoms in total. The number of aromatic amines is 1. The van der Waals surface area contributed by atoms with Gasteiger partial charge >= 0.3 is 0 Å². The zero-order chi connectivity index (χ0) is 18.7. The molecule has 9 heteroatoms. The van der Waals surface area contributed by atoms with Crippen LogP contribution in [0.1, 0.15) is 52.1 Å². The number of aliphatic hydroxyl groups excluding tert-OH is 1. The van der Waals surface area contributed by atoms with Gasteiger partial charge in [-0.3, -0.25) is 14.7 Å². The fourth-order valence-corrected chi connectivity index (χ4v) is 3.11. The van der Waals surface area contributed by atoms with E-state index in [0.29, 0.717) is 24.3 Å². The molecule has 2 atom stereocenters. The van der Waals surface area contributed by atoms with Crippen LogP contribution >= 0.6 is 0 Å². The lowest BCUT2D eigenvalue weighted by atomic mass is 10.0. The van der Waals surface area contributed by atoms with Crippen LogP contribution in [0.3, 0.4) is 0 Å². The monoisotopic (exact) mass is 361 g/mol. The molecule has 1 aliphatic rings. The lowest BCUT2D eigenvalue weighted by Crippen LogP contribution is -2.55. The normalized spacial score (nSPS) is 20.2. The van der Waals surface area contributed by atoms with E-state index >= 15 is 0 Å². The van der Waals surface area contributed by atoms with Crippen molar-refractivity contribution >= 4 is 11.8 Å². The summed E-state index contributed by atoms with van der Waals surface area (Å²) in [6, 6.07) is 1.09. The Balaban J connectivity index is 1.60. The molecule has 0 spiro atoms. The molecular formula is C17H23N5O4. The number of piperidine rings is 1. The third-order valence-electron chi connectivity index (χ3n) is 4.49. The van der Waals surface area contributed by atoms with Crippen LogP contribution in [0.4, 0.5) is 0 Å². The van der Waals surface area contributed by atoms with Crippen LogP contribution in [0.5, 0.6) is 0 Å². The van der Waals surface area contributed by atoms with Crippen LogP contribution in [0.15, 0.2) is 16.8 Å². The number of amides is 2. The average Bonchev–Trinajstić information content (AvgIpc) is 3.25. The lowest BCUT2D eigenvalue weighted by Gasteiger charge is -2.36. The number of hydrogen-bond acceptors (Lipinski definition) is 6. The van der Waals surface area contributed by atoms with E-state index in [0.717, 1.165) is 18.5 Å². The summed E-state index contributed by atoms with van der Waals surface area (Å²) in [5, 5.41) is 23.6. The summed E-state index contributed by atoms with van der Waals surface area (Å²) in [4.78, 5) is 26.4. The van der Waals surface area contributed by atoms with E-state index in [2.05, 4.69) is 20.7 Å². The Bertz CT molecular complexity index is 784. The molecule has 0 bridgehead atoms. The van der Waals surface area contributed by atoms with Gasteiger partial charge in [-0.1, -0.05) is 18.5 Å². The molecule has 3 N–H and O–H groups in total. The summed E-state index contributed by atoms with van der Waals surface area (Å²) in [5.41, 5.74) is 1.53. The number of β-amino-alcohol motifs (C(OH)–C–C–N with tert-alkyl or cyclic N) is 1. The van der Waals surface area contributed by atoms with Crippen LogP contribution in [-0.2, 0) is 6.42 Å². The summed E-state index contributed by atoms with van der Waals surface area (Å²) in [6.45, 7) is 4.32. The number of H-pyrrole nitrogens is 1. The first kappa shape index (κ1) is 18.1. The molecule has 3 heterocycles. The second kappa shape index (κ2) is 7.69. The van der Waals surface area contributed by atoms with Gasteiger partial charge in [0.2, 0.25) is 0 Å². The first-order chi connectivity index (χ1) is 12.5. The van der Waals surface area contributed by atoms with Gasteiger partial charge in [0.15, 0.2) is 5.69 Å². The van der Waals surface area contributed by atoms with E-state index in [4.69, 9.17) is 4.52 Å². The molecule has 2 amide bonds. The molecule has 0 saturated carbocycles. The van der Waals surface area contributed by atoms with Crippen LogP contribution in [0.2, 0.25) is 0 Å². The smallest absolute Gasteiger partial charge is 0.273 e. The standard InChI is InChI=1S/C17H23N5O4/c1-3-4-12-11(8-18-20-12)17(25)22-6-5-13(15(23)9-22)19-16(24)14-7-10(2)26-21-14/h7-8,13,15,23H,3-6,9H2,1-2H3,(H,18,20)(H,19,24)/t13-,15-/m1/s1. The highest BCUT2D eigenvalue weighted by atomic mass is 16.5. The number of aromatic nitrogens is 3. The van der Waals surface area contributed by atoms with Crippen molar-refractivity contribution in [2.24, 2.45) is 0 Å². The number of nitrogens with zero attached hydrogens (tertiary/aromatic N) is 3. The molecule has 1 aliphatic heterocycles. The van der Waals surface area contributed by atoms with E-state index in [1.165, 1.54) is 12.3 Å². The van der Waals surface area contributed by atoms with Crippen molar-refractivity contribution in [3.05, 3.63) is 35.0 Å². The Morgan fingerprint density at radius 2 is 2.31 bits per heavy atom. The third-order valence-corrected chi connectivity index (χ3v) is 4.49. The quantitative estimate of drug-likeness (QED) is 0.719. The second-order valence-corrected chi connectivity index (χ2v) is 6.52. The molecule has 2 aromatic rings. The van der Waals surface area contributed by atoms with Crippen LogP contribution in [0, 0.1) is 6.92 Å². The number of rotatable bonds is 5. The summed E-state index contributed by atoms with van der Waals surface area (Å²) < 4.78 is 4.89. The number of likely N-dealkylation sites (tertiary alicyclic amines) is 1. The molecule has 26 heavy (non-hydrogen) atoms. The Hall–Kier alpha value is -2.68. The maximum Gasteiger partial charge on any atom is 0.273 e.